The first kappa shape index (κ1) is 13.3. The van der Waals surface area contributed by atoms with Crippen molar-refractivity contribution < 1.29 is 0 Å². The van der Waals surface area contributed by atoms with E-state index in [4.69, 9.17) is 4.99 Å². The fourth-order valence-electron chi connectivity index (χ4n) is 2.57. The van der Waals surface area contributed by atoms with Crippen LogP contribution in [0.3, 0.4) is 0 Å². The Morgan fingerprint density at radius 2 is 2.00 bits per heavy atom. The lowest BCUT2D eigenvalue weighted by atomic mass is 9.89. The second-order valence-corrected chi connectivity index (χ2v) is 7.18. The molecule has 2 aliphatic rings. The average Bonchev–Trinajstić information content (AvgIpc) is 2.76. The van der Waals surface area contributed by atoms with Gasteiger partial charge < -0.3 is 5.32 Å². The molecule has 1 saturated carbocycles. The monoisotopic (exact) mass is 254 g/mol. The maximum atomic E-state index is 4.76. The van der Waals surface area contributed by atoms with Crippen molar-refractivity contribution in [1.82, 2.24) is 5.32 Å². The van der Waals surface area contributed by atoms with E-state index in [1.54, 1.807) is 0 Å². The van der Waals surface area contributed by atoms with Crippen LogP contribution in [-0.4, -0.2) is 24.0 Å². The van der Waals surface area contributed by atoms with Gasteiger partial charge in [0, 0.05) is 18.8 Å². The molecule has 1 N–H and O–H groups in total. The van der Waals surface area contributed by atoms with Crippen molar-refractivity contribution in [2.45, 2.75) is 46.5 Å². The largest absolute Gasteiger partial charge is 0.365 e. The first-order valence-corrected chi connectivity index (χ1v) is 8.01. The average molecular weight is 254 g/mol. The summed E-state index contributed by atoms with van der Waals surface area (Å²) in [5.41, 5.74) is 0.569. The van der Waals surface area contributed by atoms with Gasteiger partial charge in [-0.2, -0.15) is 0 Å². The van der Waals surface area contributed by atoms with Gasteiger partial charge in [0.05, 0.1) is 0 Å². The second kappa shape index (κ2) is 5.64. The van der Waals surface area contributed by atoms with Gasteiger partial charge in [0.1, 0.15) is 0 Å². The van der Waals surface area contributed by atoms with Crippen LogP contribution in [0.15, 0.2) is 4.99 Å². The van der Waals surface area contributed by atoms with Gasteiger partial charge in [-0.3, -0.25) is 4.99 Å². The van der Waals surface area contributed by atoms with Crippen LogP contribution in [0, 0.1) is 17.3 Å². The summed E-state index contributed by atoms with van der Waals surface area (Å²) in [4.78, 5) is 4.76. The minimum absolute atomic E-state index is 0.569. The van der Waals surface area contributed by atoms with Crippen molar-refractivity contribution in [3.8, 4) is 0 Å². The SMILES string of the molecule is CC(C)C(C)CNC1=NCC2(CCCC2)CS1. The Hall–Kier alpha value is -0.180. The molecule has 1 atom stereocenters. The van der Waals surface area contributed by atoms with Crippen LogP contribution in [0.2, 0.25) is 0 Å². The molecule has 1 unspecified atom stereocenters. The molecule has 0 amide bonds. The van der Waals surface area contributed by atoms with E-state index in [1.807, 2.05) is 11.8 Å². The number of hydrogen-bond donors (Lipinski definition) is 1. The molecule has 0 radical (unpaired) electrons. The molecule has 17 heavy (non-hydrogen) atoms. The topological polar surface area (TPSA) is 24.4 Å². The molecule has 0 aromatic heterocycles. The maximum absolute atomic E-state index is 4.76. The van der Waals surface area contributed by atoms with Crippen molar-refractivity contribution in [2.75, 3.05) is 18.8 Å². The predicted octanol–water partition coefficient (Wildman–Crippen LogP) is 3.53. The van der Waals surface area contributed by atoms with Crippen LogP contribution in [0.25, 0.3) is 0 Å². The molecular formula is C14H26N2S. The molecule has 0 bridgehead atoms. The van der Waals surface area contributed by atoms with E-state index in [1.165, 1.54) is 36.6 Å². The lowest BCUT2D eigenvalue weighted by Crippen LogP contribution is -2.35. The quantitative estimate of drug-likeness (QED) is 0.833. The highest BCUT2D eigenvalue weighted by atomic mass is 32.2. The molecule has 2 rings (SSSR count). The summed E-state index contributed by atoms with van der Waals surface area (Å²) in [5.74, 6) is 2.76. The van der Waals surface area contributed by atoms with E-state index in [-0.39, 0.29) is 0 Å². The van der Waals surface area contributed by atoms with E-state index in [9.17, 15) is 0 Å². The zero-order valence-corrected chi connectivity index (χ0v) is 12.3. The number of nitrogens with one attached hydrogen (secondary N) is 1. The van der Waals surface area contributed by atoms with E-state index < -0.39 is 0 Å². The minimum Gasteiger partial charge on any atom is -0.365 e. The summed E-state index contributed by atoms with van der Waals surface area (Å²) in [6, 6.07) is 0. The highest BCUT2D eigenvalue weighted by molar-refractivity contribution is 8.13. The Bertz CT molecular complexity index is 280. The fourth-order valence-corrected chi connectivity index (χ4v) is 3.73. The van der Waals surface area contributed by atoms with Crippen molar-refractivity contribution in [1.29, 1.82) is 0 Å². The van der Waals surface area contributed by atoms with Gasteiger partial charge in [-0.15, -0.1) is 0 Å². The normalized spacial score (nSPS) is 25.1. The summed E-state index contributed by atoms with van der Waals surface area (Å²) < 4.78 is 0. The van der Waals surface area contributed by atoms with Gasteiger partial charge in [0.15, 0.2) is 5.17 Å². The fraction of sp³-hybridized carbons (Fsp3) is 0.929. The standard InChI is InChI=1S/C14H26N2S/c1-11(2)12(3)8-15-13-16-9-14(10-17-13)6-4-5-7-14/h11-12H,4-10H2,1-3H3,(H,15,16). The summed E-state index contributed by atoms with van der Waals surface area (Å²) in [6.07, 6.45) is 5.64. The van der Waals surface area contributed by atoms with Gasteiger partial charge in [-0.25, -0.2) is 0 Å². The molecule has 1 aliphatic heterocycles. The lowest BCUT2D eigenvalue weighted by molar-refractivity contribution is 0.357. The van der Waals surface area contributed by atoms with Gasteiger partial charge in [0.2, 0.25) is 0 Å². The highest BCUT2D eigenvalue weighted by Crippen LogP contribution is 2.43. The van der Waals surface area contributed by atoms with Crippen LogP contribution in [-0.2, 0) is 0 Å². The summed E-state index contributed by atoms with van der Waals surface area (Å²) in [7, 11) is 0. The number of nitrogens with zero attached hydrogens (tertiary/aromatic N) is 1. The molecule has 98 valence electrons. The highest BCUT2D eigenvalue weighted by Gasteiger charge is 2.36. The van der Waals surface area contributed by atoms with Crippen LogP contribution in [0.4, 0.5) is 0 Å². The number of thioether (sulfide) groups is 1. The Morgan fingerprint density at radius 1 is 1.29 bits per heavy atom. The van der Waals surface area contributed by atoms with Crippen LogP contribution in [0.1, 0.15) is 46.5 Å². The zero-order valence-electron chi connectivity index (χ0n) is 11.5. The Kier molecular flexibility index (Phi) is 4.40. The Morgan fingerprint density at radius 3 is 2.53 bits per heavy atom. The molecule has 1 spiro atoms. The maximum Gasteiger partial charge on any atom is 0.156 e. The number of rotatable bonds is 3. The number of amidine groups is 1. The molecule has 1 fully saturated rings. The van der Waals surface area contributed by atoms with Gasteiger partial charge in [0.25, 0.3) is 0 Å². The van der Waals surface area contributed by atoms with Crippen molar-refractivity contribution in [2.24, 2.45) is 22.2 Å². The first-order chi connectivity index (χ1) is 8.11. The van der Waals surface area contributed by atoms with Crippen molar-refractivity contribution >= 4 is 16.9 Å². The Labute approximate surface area is 110 Å². The summed E-state index contributed by atoms with van der Waals surface area (Å²) in [5, 5.41) is 4.71. The minimum atomic E-state index is 0.569. The molecule has 0 aromatic rings. The lowest BCUT2D eigenvalue weighted by Gasteiger charge is -2.31. The predicted molar refractivity (Wildman–Crippen MR) is 77.7 cm³/mol. The van der Waals surface area contributed by atoms with Crippen molar-refractivity contribution in [3.63, 3.8) is 0 Å². The third kappa shape index (κ3) is 3.40. The first-order valence-electron chi connectivity index (χ1n) is 7.02. The molecule has 0 saturated heterocycles. The zero-order chi connectivity index (χ0) is 12.3. The summed E-state index contributed by atoms with van der Waals surface area (Å²) in [6.45, 7) is 9.02. The van der Waals surface area contributed by atoms with E-state index >= 15 is 0 Å². The van der Waals surface area contributed by atoms with Crippen LogP contribution in [0.5, 0.6) is 0 Å². The van der Waals surface area contributed by atoms with Gasteiger partial charge in [-0.05, 0) is 30.1 Å². The third-order valence-electron chi connectivity index (χ3n) is 4.45. The van der Waals surface area contributed by atoms with Crippen LogP contribution >= 0.6 is 11.8 Å². The Balaban J connectivity index is 1.78. The van der Waals surface area contributed by atoms with Gasteiger partial charge in [-0.1, -0.05) is 45.4 Å². The molecule has 2 nitrogen and oxygen atoms in total. The van der Waals surface area contributed by atoms with E-state index in [0.29, 0.717) is 5.41 Å². The van der Waals surface area contributed by atoms with Crippen molar-refractivity contribution in [3.05, 3.63) is 0 Å². The van der Waals surface area contributed by atoms with Crippen LogP contribution < -0.4 is 5.32 Å². The smallest absolute Gasteiger partial charge is 0.156 e. The van der Waals surface area contributed by atoms with E-state index in [0.717, 1.165) is 24.9 Å². The van der Waals surface area contributed by atoms with E-state index in [2.05, 4.69) is 26.1 Å². The molecule has 1 heterocycles. The third-order valence-corrected chi connectivity index (χ3v) is 5.75. The number of hydrogen-bond acceptors (Lipinski definition) is 3. The molecule has 1 aliphatic carbocycles. The molecule has 0 aromatic carbocycles. The second-order valence-electron chi connectivity index (χ2n) is 6.22. The molecule has 3 heteroatoms. The number of aliphatic imine (C=N–C) groups is 1. The molecular weight excluding hydrogens is 228 g/mol. The summed E-state index contributed by atoms with van der Waals surface area (Å²) >= 11 is 1.95. The van der Waals surface area contributed by atoms with Gasteiger partial charge >= 0.3 is 0 Å².